The predicted molar refractivity (Wildman–Crippen MR) is 64.2 cm³/mol. The lowest BCUT2D eigenvalue weighted by molar-refractivity contribution is -0.141. The molecule has 0 bridgehead atoms. The van der Waals surface area contributed by atoms with Crippen molar-refractivity contribution in [2.45, 2.75) is 19.9 Å². The second-order valence-electron chi connectivity index (χ2n) is 4.15. The zero-order valence-corrected chi connectivity index (χ0v) is 9.90. The van der Waals surface area contributed by atoms with E-state index in [1.54, 1.807) is 4.90 Å². The molecule has 1 aromatic carbocycles. The van der Waals surface area contributed by atoms with Gasteiger partial charge in [0.2, 0.25) is 11.8 Å². The van der Waals surface area contributed by atoms with Gasteiger partial charge in [-0.3, -0.25) is 9.59 Å². The number of hydrogen-bond acceptors (Lipinski definition) is 2. The Kier molecular flexibility index (Phi) is 3.42. The first-order chi connectivity index (χ1) is 8.20. The van der Waals surface area contributed by atoms with Crippen molar-refractivity contribution in [1.29, 1.82) is 0 Å². The average Bonchev–Trinajstić information content (AvgIpc) is 2.34. The third-order valence-electron chi connectivity index (χ3n) is 2.98. The summed E-state index contributed by atoms with van der Waals surface area (Å²) in [7, 11) is 0. The highest BCUT2D eigenvalue weighted by Gasteiger charge is 2.23. The Bertz CT molecular complexity index is 443. The number of piperazine rings is 1. The van der Waals surface area contributed by atoms with Crippen molar-refractivity contribution in [3.63, 3.8) is 0 Å². The Morgan fingerprint density at radius 2 is 1.94 bits per heavy atom. The normalized spacial score (nSPS) is 15.9. The molecule has 1 fully saturated rings. The van der Waals surface area contributed by atoms with E-state index >= 15 is 0 Å². The molecule has 0 unspecified atom stereocenters. The van der Waals surface area contributed by atoms with Crippen LogP contribution in [0.3, 0.4) is 0 Å². The van der Waals surface area contributed by atoms with Crippen LogP contribution in [0.2, 0.25) is 0 Å². The fraction of sp³-hybridized carbons (Fsp3) is 0.385. The van der Waals surface area contributed by atoms with Crippen molar-refractivity contribution in [2.75, 3.05) is 13.1 Å². The van der Waals surface area contributed by atoms with Crippen molar-refractivity contribution in [3.8, 4) is 0 Å². The maximum absolute atomic E-state index is 11.7. The van der Waals surface area contributed by atoms with Gasteiger partial charge < -0.3 is 10.2 Å². The molecule has 1 N–H and O–H groups in total. The number of nitrogens with one attached hydrogen (secondary N) is 1. The van der Waals surface area contributed by atoms with Gasteiger partial charge in [0.15, 0.2) is 0 Å². The van der Waals surface area contributed by atoms with E-state index in [4.69, 9.17) is 0 Å². The summed E-state index contributed by atoms with van der Waals surface area (Å²) in [4.78, 5) is 24.5. The second-order valence-corrected chi connectivity index (χ2v) is 4.15. The van der Waals surface area contributed by atoms with Crippen molar-refractivity contribution >= 4 is 11.8 Å². The van der Waals surface area contributed by atoms with Gasteiger partial charge in [-0.25, -0.2) is 0 Å². The fourth-order valence-electron chi connectivity index (χ4n) is 2.01. The van der Waals surface area contributed by atoms with Crippen molar-refractivity contribution < 1.29 is 9.59 Å². The molecular formula is C13H16N2O2. The summed E-state index contributed by atoms with van der Waals surface area (Å²) in [5, 5.41) is 2.55. The molecule has 2 amide bonds. The molecular weight excluding hydrogens is 216 g/mol. The minimum Gasteiger partial charge on any atom is -0.345 e. The molecule has 1 aliphatic heterocycles. The van der Waals surface area contributed by atoms with Crippen LogP contribution in [0.4, 0.5) is 0 Å². The first-order valence-corrected chi connectivity index (χ1v) is 5.82. The van der Waals surface area contributed by atoms with E-state index in [0.29, 0.717) is 6.54 Å². The molecule has 1 saturated heterocycles. The molecule has 1 aliphatic rings. The summed E-state index contributed by atoms with van der Waals surface area (Å²) >= 11 is 0. The lowest BCUT2D eigenvalue weighted by Gasteiger charge is -2.27. The van der Waals surface area contributed by atoms with Crippen LogP contribution >= 0.6 is 0 Å². The van der Waals surface area contributed by atoms with Crippen LogP contribution in [-0.4, -0.2) is 29.8 Å². The van der Waals surface area contributed by atoms with Gasteiger partial charge in [0.05, 0.1) is 13.1 Å². The summed E-state index contributed by atoms with van der Waals surface area (Å²) in [6.45, 7) is 2.89. The second kappa shape index (κ2) is 4.99. The van der Waals surface area contributed by atoms with E-state index in [9.17, 15) is 9.59 Å². The van der Waals surface area contributed by atoms with Crippen molar-refractivity contribution in [3.05, 3.63) is 35.4 Å². The molecule has 4 heteroatoms. The standard InChI is InChI=1S/C13H16N2O2/c1-2-10-5-3-4-6-11(10)8-15-9-12(16)14-7-13(15)17/h3-6H,2,7-9H2,1H3,(H,14,16). The van der Waals surface area contributed by atoms with E-state index in [1.807, 2.05) is 18.2 Å². The molecule has 0 aliphatic carbocycles. The molecule has 0 saturated carbocycles. The minimum absolute atomic E-state index is 0.0180. The first-order valence-electron chi connectivity index (χ1n) is 5.82. The lowest BCUT2D eigenvalue weighted by Crippen LogP contribution is -2.51. The highest BCUT2D eigenvalue weighted by molar-refractivity contribution is 5.92. The van der Waals surface area contributed by atoms with Crippen molar-refractivity contribution in [1.82, 2.24) is 10.2 Å². The SMILES string of the molecule is CCc1ccccc1CN1CC(=O)NCC1=O. The van der Waals surface area contributed by atoms with E-state index in [0.717, 1.165) is 12.0 Å². The van der Waals surface area contributed by atoms with Gasteiger partial charge in [-0.05, 0) is 17.5 Å². The quantitative estimate of drug-likeness (QED) is 0.834. The summed E-state index contributed by atoms with van der Waals surface area (Å²) < 4.78 is 0. The van der Waals surface area contributed by atoms with E-state index < -0.39 is 0 Å². The van der Waals surface area contributed by atoms with E-state index in [-0.39, 0.29) is 24.9 Å². The summed E-state index contributed by atoms with van der Waals surface area (Å²) in [5.74, 6) is -0.103. The number of rotatable bonds is 3. The third-order valence-corrected chi connectivity index (χ3v) is 2.98. The largest absolute Gasteiger partial charge is 0.345 e. The highest BCUT2D eigenvalue weighted by Crippen LogP contribution is 2.13. The topological polar surface area (TPSA) is 49.4 Å². The fourth-order valence-corrected chi connectivity index (χ4v) is 2.01. The number of nitrogens with zero attached hydrogens (tertiary/aromatic N) is 1. The number of aryl methyl sites for hydroxylation is 1. The molecule has 1 aromatic rings. The maximum Gasteiger partial charge on any atom is 0.242 e. The first kappa shape index (κ1) is 11.6. The van der Waals surface area contributed by atoms with Gasteiger partial charge >= 0.3 is 0 Å². The van der Waals surface area contributed by atoms with Crippen LogP contribution in [0.15, 0.2) is 24.3 Å². The molecule has 0 atom stereocenters. The lowest BCUT2D eigenvalue weighted by atomic mass is 10.0. The summed E-state index contributed by atoms with van der Waals surface area (Å²) in [6.07, 6.45) is 0.935. The van der Waals surface area contributed by atoms with E-state index in [1.165, 1.54) is 5.56 Å². The minimum atomic E-state index is -0.0846. The Labute approximate surface area is 101 Å². The van der Waals surface area contributed by atoms with Gasteiger partial charge in [0, 0.05) is 6.54 Å². The van der Waals surface area contributed by atoms with Gasteiger partial charge in [-0.15, -0.1) is 0 Å². The Balaban J connectivity index is 2.14. The molecule has 90 valence electrons. The number of amides is 2. The molecule has 4 nitrogen and oxygen atoms in total. The summed E-state index contributed by atoms with van der Waals surface area (Å²) in [5.41, 5.74) is 2.35. The van der Waals surface area contributed by atoms with Gasteiger partial charge in [-0.1, -0.05) is 31.2 Å². The molecule has 1 heterocycles. The van der Waals surface area contributed by atoms with Crippen molar-refractivity contribution in [2.24, 2.45) is 0 Å². The van der Waals surface area contributed by atoms with Crippen LogP contribution in [0.1, 0.15) is 18.1 Å². The van der Waals surface area contributed by atoms with Crippen LogP contribution in [-0.2, 0) is 22.6 Å². The molecule has 0 spiro atoms. The van der Waals surface area contributed by atoms with Gasteiger partial charge in [0.25, 0.3) is 0 Å². The number of carbonyl (C=O) groups is 2. The van der Waals surface area contributed by atoms with Crippen LogP contribution in [0, 0.1) is 0 Å². The molecule has 0 aromatic heterocycles. The Morgan fingerprint density at radius 1 is 1.24 bits per heavy atom. The van der Waals surface area contributed by atoms with Gasteiger partial charge in [0.1, 0.15) is 0 Å². The zero-order chi connectivity index (χ0) is 12.3. The highest BCUT2D eigenvalue weighted by atomic mass is 16.2. The van der Waals surface area contributed by atoms with Gasteiger partial charge in [-0.2, -0.15) is 0 Å². The van der Waals surface area contributed by atoms with E-state index in [2.05, 4.69) is 18.3 Å². The maximum atomic E-state index is 11.7. The zero-order valence-electron chi connectivity index (χ0n) is 9.90. The Hall–Kier alpha value is -1.84. The monoisotopic (exact) mass is 232 g/mol. The van der Waals surface area contributed by atoms with Crippen LogP contribution < -0.4 is 5.32 Å². The molecule has 0 radical (unpaired) electrons. The number of carbonyl (C=O) groups excluding carboxylic acids is 2. The van der Waals surface area contributed by atoms with Crippen LogP contribution in [0.25, 0.3) is 0 Å². The van der Waals surface area contributed by atoms with Crippen LogP contribution in [0.5, 0.6) is 0 Å². The molecule has 17 heavy (non-hydrogen) atoms. The smallest absolute Gasteiger partial charge is 0.242 e. The third kappa shape index (κ3) is 2.64. The number of benzene rings is 1. The number of hydrogen-bond donors (Lipinski definition) is 1. The average molecular weight is 232 g/mol. The molecule has 2 rings (SSSR count). The summed E-state index contributed by atoms with van der Waals surface area (Å²) in [6, 6.07) is 8.03. The predicted octanol–water partition coefficient (Wildman–Crippen LogP) is 0.707. The Morgan fingerprint density at radius 3 is 2.65 bits per heavy atom.